The number of carbonyl (C=O) groups excluding carboxylic acids is 2. The van der Waals surface area contributed by atoms with Crippen molar-refractivity contribution < 1.29 is 19.4 Å². The van der Waals surface area contributed by atoms with Crippen LogP contribution in [-0.2, 0) is 9.53 Å². The molecule has 28 heavy (non-hydrogen) atoms. The van der Waals surface area contributed by atoms with Crippen molar-refractivity contribution in [3.63, 3.8) is 0 Å². The van der Waals surface area contributed by atoms with E-state index in [-0.39, 0.29) is 30.4 Å². The number of ether oxygens (including phenoxy) is 1. The molecule has 0 aromatic heterocycles. The molecule has 9 heteroatoms. The zero-order valence-electron chi connectivity index (χ0n) is 18.2. The number of rotatable bonds is 11. The maximum Gasteiger partial charge on any atom is 0.408 e. The minimum absolute atomic E-state index is 0.0162. The first-order valence-corrected chi connectivity index (χ1v) is 9.87. The number of hydrogen-bond donors (Lipinski definition) is 4. The van der Waals surface area contributed by atoms with Gasteiger partial charge in [-0.3, -0.25) is 9.79 Å². The topological polar surface area (TPSA) is 143 Å². The van der Waals surface area contributed by atoms with Crippen molar-refractivity contribution in [1.29, 1.82) is 0 Å². The number of amides is 2. The minimum atomic E-state index is -0.721. The van der Waals surface area contributed by atoms with Crippen molar-refractivity contribution in [3.8, 4) is 0 Å². The average molecular weight is 402 g/mol. The molecule has 0 fully saturated rings. The largest absolute Gasteiger partial charge is 0.444 e. The Hall–Kier alpha value is -2.03. The van der Waals surface area contributed by atoms with Crippen molar-refractivity contribution in [2.45, 2.75) is 78.5 Å². The Morgan fingerprint density at radius 1 is 1.25 bits per heavy atom. The molecule has 0 radical (unpaired) electrons. The molecule has 6 N–H and O–H groups in total. The molecule has 0 aromatic rings. The van der Waals surface area contributed by atoms with Crippen molar-refractivity contribution in [2.75, 3.05) is 19.7 Å². The SMILES string of the molecule is CCN(C(=O)[C@H](CC(C)C)NC(=O)OC(C)(C)C)[C@H](CO)CCCN=C(N)N. The molecule has 0 unspecified atom stereocenters. The van der Waals surface area contributed by atoms with Gasteiger partial charge in [-0.15, -0.1) is 0 Å². The number of aliphatic imine (C=N–C) groups is 1. The van der Waals surface area contributed by atoms with E-state index in [0.29, 0.717) is 32.4 Å². The fourth-order valence-electron chi connectivity index (χ4n) is 2.82. The van der Waals surface area contributed by atoms with Crippen LogP contribution in [-0.4, -0.2) is 65.3 Å². The fourth-order valence-corrected chi connectivity index (χ4v) is 2.82. The Bertz CT molecular complexity index is 513. The first-order valence-electron chi connectivity index (χ1n) is 9.87. The predicted octanol–water partition coefficient (Wildman–Crippen LogP) is 1.19. The second kappa shape index (κ2) is 12.4. The van der Waals surface area contributed by atoms with Crippen LogP contribution in [0.5, 0.6) is 0 Å². The van der Waals surface area contributed by atoms with E-state index in [2.05, 4.69) is 10.3 Å². The molecule has 0 bridgehead atoms. The lowest BCUT2D eigenvalue weighted by molar-refractivity contribution is -0.137. The smallest absolute Gasteiger partial charge is 0.408 e. The second-order valence-electron chi connectivity index (χ2n) is 8.24. The highest BCUT2D eigenvalue weighted by Gasteiger charge is 2.31. The monoisotopic (exact) mass is 401 g/mol. The molecule has 9 nitrogen and oxygen atoms in total. The van der Waals surface area contributed by atoms with E-state index in [4.69, 9.17) is 16.2 Å². The summed E-state index contributed by atoms with van der Waals surface area (Å²) in [5.74, 6) is -0.0254. The molecule has 0 aliphatic carbocycles. The van der Waals surface area contributed by atoms with Gasteiger partial charge in [-0.1, -0.05) is 13.8 Å². The maximum absolute atomic E-state index is 13.1. The molecule has 164 valence electrons. The maximum atomic E-state index is 13.1. The van der Waals surface area contributed by atoms with Gasteiger partial charge in [0.25, 0.3) is 0 Å². The van der Waals surface area contributed by atoms with Gasteiger partial charge >= 0.3 is 6.09 Å². The summed E-state index contributed by atoms with van der Waals surface area (Å²) in [6, 6.07) is -1.09. The minimum Gasteiger partial charge on any atom is -0.444 e. The van der Waals surface area contributed by atoms with Crippen LogP contribution in [0.2, 0.25) is 0 Å². The summed E-state index contributed by atoms with van der Waals surface area (Å²) < 4.78 is 5.29. The van der Waals surface area contributed by atoms with E-state index < -0.39 is 17.7 Å². The quantitative estimate of drug-likeness (QED) is 0.233. The number of carbonyl (C=O) groups is 2. The molecule has 0 saturated carbocycles. The fraction of sp³-hybridized carbons (Fsp3) is 0.842. The van der Waals surface area contributed by atoms with Crippen LogP contribution < -0.4 is 16.8 Å². The summed E-state index contributed by atoms with van der Waals surface area (Å²) in [6.07, 6.45) is 1.02. The van der Waals surface area contributed by atoms with E-state index in [1.54, 1.807) is 25.7 Å². The van der Waals surface area contributed by atoms with Crippen molar-refractivity contribution in [1.82, 2.24) is 10.2 Å². The Labute approximate surface area is 168 Å². The molecule has 0 saturated heterocycles. The van der Waals surface area contributed by atoms with Gasteiger partial charge in [0.05, 0.1) is 12.6 Å². The van der Waals surface area contributed by atoms with Gasteiger partial charge < -0.3 is 31.5 Å². The summed E-state index contributed by atoms with van der Waals surface area (Å²) in [6.45, 7) is 11.8. The number of guanidine groups is 1. The van der Waals surface area contributed by atoms with Crippen LogP contribution in [0.4, 0.5) is 4.79 Å². The lowest BCUT2D eigenvalue weighted by Crippen LogP contribution is -2.53. The van der Waals surface area contributed by atoms with Gasteiger partial charge in [-0.25, -0.2) is 4.79 Å². The summed E-state index contributed by atoms with van der Waals surface area (Å²) in [5.41, 5.74) is 9.97. The standard InChI is InChI=1S/C19H39N5O4/c1-7-24(14(12-25)9-8-10-22-17(20)21)16(26)15(11-13(2)3)23-18(27)28-19(4,5)6/h13-15,25H,7-12H2,1-6H3,(H,23,27)(H4,20,21,22)/t14-,15-/m0/s1. The highest BCUT2D eigenvalue weighted by molar-refractivity contribution is 5.86. The van der Waals surface area contributed by atoms with E-state index >= 15 is 0 Å². The Morgan fingerprint density at radius 2 is 1.86 bits per heavy atom. The number of hydrogen-bond acceptors (Lipinski definition) is 5. The molecule has 0 spiro atoms. The van der Waals surface area contributed by atoms with Gasteiger partial charge in [0, 0.05) is 13.1 Å². The highest BCUT2D eigenvalue weighted by Crippen LogP contribution is 2.15. The van der Waals surface area contributed by atoms with Crippen LogP contribution in [0.25, 0.3) is 0 Å². The molecular weight excluding hydrogens is 362 g/mol. The van der Waals surface area contributed by atoms with Gasteiger partial charge in [-0.2, -0.15) is 0 Å². The van der Waals surface area contributed by atoms with Crippen LogP contribution in [0, 0.1) is 5.92 Å². The molecule has 0 heterocycles. The second-order valence-corrected chi connectivity index (χ2v) is 8.24. The number of aliphatic hydroxyl groups is 1. The lowest BCUT2D eigenvalue weighted by atomic mass is 10.0. The third kappa shape index (κ3) is 11.0. The number of alkyl carbamates (subject to hydrolysis) is 1. The molecule has 2 amide bonds. The lowest BCUT2D eigenvalue weighted by Gasteiger charge is -2.34. The Morgan fingerprint density at radius 3 is 2.29 bits per heavy atom. The van der Waals surface area contributed by atoms with Gasteiger partial charge in [0.1, 0.15) is 11.6 Å². The van der Waals surface area contributed by atoms with Crippen LogP contribution >= 0.6 is 0 Å². The van der Waals surface area contributed by atoms with E-state index in [9.17, 15) is 14.7 Å². The zero-order chi connectivity index (χ0) is 21.9. The van der Waals surface area contributed by atoms with Crippen molar-refractivity contribution >= 4 is 18.0 Å². The van der Waals surface area contributed by atoms with E-state index in [1.807, 2.05) is 20.8 Å². The summed E-state index contributed by atoms with van der Waals surface area (Å²) in [4.78, 5) is 30.8. The summed E-state index contributed by atoms with van der Waals surface area (Å²) >= 11 is 0. The number of likely N-dealkylation sites (N-methyl/N-ethyl adjacent to an activating group) is 1. The number of nitrogens with two attached hydrogens (primary N) is 2. The van der Waals surface area contributed by atoms with Gasteiger partial charge in [0.15, 0.2) is 5.96 Å². The Kier molecular flexibility index (Phi) is 11.5. The Balaban J connectivity index is 5.19. The number of nitrogens with one attached hydrogen (secondary N) is 1. The molecule has 0 aliphatic heterocycles. The summed E-state index contributed by atoms with van der Waals surface area (Å²) in [7, 11) is 0. The third-order valence-electron chi connectivity index (χ3n) is 3.96. The molecular formula is C19H39N5O4. The van der Waals surface area contributed by atoms with E-state index in [1.165, 1.54) is 0 Å². The van der Waals surface area contributed by atoms with E-state index in [0.717, 1.165) is 0 Å². The molecule has 0 aliphatic rings. The molecule has 2 atom stereocenters. The first kappa shape index (κ1) is 26.0. The van der Waals surface area contributed by atoms with Crippen molar-refractivity contribution in [2.24, 2.45) is 22.4 Å². The van der Waals surface area contributed by atoms with Gasteiger partial charge in [-0.05, 0) is 52.9 Å². The highest BCUT2D eigenvalue weighted by atomic mass is 16.6. The number of aliphatic hydroxyl groups excluding tert-OH is 1. The summed E-state index contributed by atoms with van der Waals surface area (Å²) in [5, 5.41) is 12.5. The zero-order valence-corrected chi connectivity index (χ0v) is 18.2. The normalized spacial score (nSPS) is 13.6. The predicted molar refractivity (Wildman–Crippen MR) is 111 cm³/mol. The number of nitrogens with zero attached hydrogens (tertiary/aromatic N) is 2. The first-order chi connectivity index (χ1) is 12.9. The molecule has 0 aromatic carbocycles. The van der Waals surface area contributed by atoms with Crippen LogP contribution in [0.1, 0.15) is 60.8 Å². The van der Waals surface area contributed by atoms with Crippen LogP contribution in [0.3, 0.4) is 0 Å². The molecule has 0 rings (SSSR count). The van der Waals surface area contributed by atoms with Crippen LogP contribution in [0.15, 0.2) is 4.99 Å². The van der Waals surface area contributed by atoms with Gasteiger partial charge in [0.2, 0.25) is 5.91 Å². The van der Waals surface area contributed by atoms with Crippen molar-refractivity contribution in [3.05, 3.63) is 0 Å². The average Bonchev–Trinajstić information content (AvgIpc) is 2.54. The third-order valence-corrected chi connectivity index (χ3v) is 3.96.